The van der Waals surface area contributed by atoms with Crippen LogP contribution in [0.25, 0.3) is 28.2 Å². The lowest BCUT2D eigenvalue weighted by Gasteiger charge is -2.36. The van der Waals surface area contributed by atoms with Gasteiger partial charge in [-0.3, -0.25) is 9.36 Å². The number of likely N-dealkylation sites (tertiary alicyclic amines) is 1. The molecule has 2 aliphatic rings. The van der Waals surface area contributed by atoms with E-state index in [1.807, 2.05) is 39.6 Å². The predicted octanol–water partition coefficient (Wildman–Crippen LogP) is 4.42. The topological polar surface area (TPSA) is 99.5 Å². The van der Waals surface area contributed by atoms with Crippen molar-refractivity contribution in [2.24, 2.45) is 0 Å². The van der Waals surface area contributed by atoms with Crippen molar-refractivity contribution in [3.63, 3.8) is 0 Å². The van der Waals surface area contributed by atoms with Gasteiger partial charge in [-0.2, -0.15) is 0 Å². The Morgan fingerprint density at radius 1 is 0.976 bits per heavy atom. The van der Waals surface area contributed by atoms with E-state index in [0.29, 0.717) is 55.9 Å². The number of carbonyl (C=O) groups excluding carboxylic acids is 2. The number of hydrogen-bond acceptors (Lipinski definition) is 6. The van der Waals surface area contributed by atoms with Gasteiger partial charge in [0, 0.05) is 64.1 Å². The van der Waals surface area contributed by atoms with Crippen LogP contribution in [0, 0.1) is 0 Å². The molecule has 2 saturated heterocycles. The molecular weight excluding hydrogens is 540 g/mol. The molecule has 11 heteroatoms. The van der Waals surface area contributed by atoms with E-state index in [9.17, 15) is 9.59 Å². The number of pyridine rings is 2. The van der Waals surface area contributed by atoms with Crippen molar-refractivity contribution in [2.75, 3.05) is 51.6 Å². The van der Waals surface area contributed by atoms with Crippen molar-refractivity contribution in [3.8, 4) is 17.1 Å². The number of nitrogens with one attached hydrogen (secondary N) is 1. The third kappa shape index (κ3) is 5.11. The first-order valence-corrected chi connectivity index (χ1v) is 14.1. The van der Waals surface area contributed by atoms with E-state index >= 15 is 0 Å². The number of amides is 3. The van der Waals surface area contributed by atoms with Crippen molar-refractivity contribution < 1.29 is 9.59 Å². The standard InChI is InChI=1S/C30H31ClN8O2/c1-3-26(40)36-15-17-37(18-16-36)30(41)38-14-12-21(19-38)20-6-8-22(9-7-20)39-28(23-5-4-13-33-27(23)32-2)34-24-10-11-25(31)35-29(24)39/h3-11,13,21H,1,12,14-19H2,2H3,(H,32,33). The molecule has 0 aliphatic carbocycles. The van der Waals surface area contributed by atoms with Gasteiger partial charge < -0.3 is 20.0 Å². The lowest BCUT2D eigenvalue weighted by Crippen LogP contribution is -2.53. The molecular formula is C30H31ClN8O2. The fraction of sp³-hybridized carbons (Fsp3) is 0.300. The van der Waals surface area contributed by atoms with Gasteiger partial charge in [-0.15, -0.1) is 0 Å². The average molecular weight is 571 g/mol. The normalized spacial score (nSPS) is 17.2. The number of benzene rings is 1. The number of carbonyl (C=O) groups is 2. The van der Waals surface area contributed by atoms with E-state index in [1.54, 1.807) is 17.2 Å². The van der Waals surface area contributed by atoms with Crippen LogP contribution >= 0.6 is 11.6 Å². The van der Waals surface area contributed by atoms with Gasteiger partial charge in [0.1, 0.15) is 16.5 Å². The maximum atomic E-state index is 13.2. The summed E-state index contributed by atoms with van der Waals surface area (Å²) in [5, 5.41) is 3.55. The Morgan fingerprint density at radius 2 is 1.73 bits per heavy atom. The molecule has 0 saturated carbocycles. The van der Waals surface area contributed by atoms with Gasteiger partial charge in [0.05, 0.1) is 5.56 Å². The Labute approximate surface area is 243 Å². The Bertz CT molecular complexity index is 1610. The number of hydrogen-bond donors (Lipinski definition) is 1. The monoisotopic (exact) mass is 570 g/mol. The molecule has 41 heavy (non-hydrogen) atoms. The maximum absolute atomic E-state index is 13.2. The summed E-state index contributed by atoms with van der Waals surface area (Å²) in [7, 11) is 1.84. The SMILES string of the molecule is C=CC(=O)N1CCN(C(=O)N2CCC(c3ccc(-n4c(-c5cccnc5NC)nc5ccc(Cl)nc54)cc3)C2)CC1. The van der Waals surface area contributed by atoms with E-state index < -0.39 is 0 Å². The number of rotatable bonds is 5. The Morgan fingerprint density at radius 3 is 2.46 bits per heavy atom. The first-order chi connectivity index (χ1) is 20.0. The minimum absolute atomic E-state index is 0.0455. The zero-order valence-corrected chi connectivity index (χ0v) is 23.6. The summed E-state index contributed by atoms with van der Waals surface area (Å²) < 4.78 is 2.00. The third-order valence-corrected chi connectivity index (χ3v) is 8.08. The first kappa shape index (κ1) is 26.8. The van der Waals surface area contributed by atoms with Crippen molar-refractivity contribution in [1.82, 2.24) is 34.2 Å². The Hall–Kier alpha value is -4.44. The quantitative estimate of drug-likeness (QED) is 0.282. The first-order valence-electron chi connectivity index (χ1n) is 13.7. The smallest absolute Gasteiger partial charge is 0.320 e. The summed E-state index contributed by atoms with van der Waals surface area (Å²) in [5.74, 6) is 1.60. The van der Waals surface area contributed by atoms with Crippen LogP contribution in [0.5, 0.6) is 0 Å². The summed E-state index contributed by atoms with van der Waals surface area (Å²) in [5.41, 5.74) is 4.34. The number of anilines is 1. The molecule has 2 fully saturated rings. The molecule has 2 aliphatic heterocycles. The molecule has 1 aromatic carbocycles. The highest BCUT2D eigenvalue weighted by Crippen LogP contribution is 2.33. The van der Waals surface area contributed by atoms with Crippen LogP contribution in [-0.4, -0.2) is 92.5 Å². The van der Waals surface area contributed by atoms with E-state index in [-0.39, 0.29) is 17.9 Å². The summed E-state index contributed by atoms with van der Waals surface area (Å²) in [6, 6.07) is 15.9. The number of urea groups is 1. The highest BCUT2D eigenvalue weighted by molar-refractivity contribution is 6.29. The number of piperazine rings is 1. The molecule has 3 aromatic heterocycles. The largest absolute Gasteiger partial charge is 0.373 e. The summed E-state index contributed by atoms with van der Waals surface area (Å²) in [4.78, 5) is 44.5. The van der Waals surface area contributed by atoms with Crippen LogP contribution in [0.2, 0.25) is 5.15 Å². The summed E-state index contributed by atoms with van der Waals surface area (Å²) in [6.45, 7) is 7.09. The van der Waals surface area contributed by atoms with E-state index in [2.05, 4.69) is 46.1 Å². The van der Waals surface area contributed by atoms with Crippen LogP contribution in [0.4, 0.5) is 10.6 Å². The second-order valence-corrected chi connectivity index (χ2v) is 10.6. The van der Waals surface area contributed by atoms with Crippen molar-refractivity contribution >= 4 is 40.5 Å². The molecule has 210 valence electrons. The highest BCUT2D eigenvalue weighted by Gasteiger charge is 2.32. The van der Waals surface area contributed by atoms with Crippen LogP contribution in [0.15, 0.2) is 67.4 Å². The summed E-state index contributed by atoms with van der Waals surface area (Å²) >= 11 is 6.29. The van der Waals surface area contributed by atoms with Crippen LogP contribution in [0.1, 0.15) is 17.9 Å². The number of halogens is 1. The molecule has 1 N–H and O–H groups in total. The molecule has 0 spiro atoms. The van der Waals surface area contributed by atoms with Crippen LogP contribution in [0.3, 0.4) is 0 Å². The lowest BCUT2D eigenvalue weighted by molar-refractivity contribution is -0.127. The minimum Gasteiger partial charge on any atom is -0.373 e. The number of imidazole rings is 1. The molecule has 6 rings (SSSR count). The van der Waals surface area contributed by atoms with Gasteiger partial charge in [0.25, 0.3) is 0 Å². The second kappa shape index (κ2) is 11.2. The summed E-state index contributed by atoms with van der Waals surface area (Å²) in [6.07, 6.45) is 3.97. The molecule has 3 amide bonds. The van der Waals surface area contributed by atoms with Gasteiger partial charge in [-0.05, 0) is 54.5 Å². The maximum Gasteiger partial charge on any atom is 0.320 e. The van der Waals surface area contributed by atoms with Gasteiger partial charge in [0.2, 0.25) is 5.91 Å². The van der Waals surface area contributed by atoms with Gasteiger partial charge in [-0.25, -0.2) is 19.7 Å². The van der Waals surface area contributed by atoms with E-state index in [0.717, 1.165) is 29.0 Å². The average Bonchev–Trinajstić information content (AvgIpc) is 3.66. The van der Waals surface area contributed by atoms with Crippen molar-refractivity contribution in [1.29, 1.82) is 0 Å². The molecule has 0 radical (unpaired) electrons. The molecule has 0 bridgehead atoms. The fourth-order valence-corrected chi connectivity index (χ4v) is 5.84. The molecule has 4 aromatic rings. The Kier molecular flexibility index (Phi) is 7.32. The molecule has 5 heterocycles. The molecule has 10 nitrogen and oxygen atoms in total. The van der Waals surface area contributed by atoms with Gasteiger partial charge in [0.15, 0.2) is 11.5 Å². The number of fused-ring (bicyclic) bond motifs is 1. The second-order valence-electron chi connectivity index (χ2n) is 10.2. The van der Waals surface area contributed by atoms with E-state index in [1.165, 1.54) is 11.6 Å². The zero-order chi connectivity index (χ0) is 28.5. The lowest BCUT2D eigenvalue weighted by atomic mass is 9.98. The van der Waals surface area contributed by atoms with Crippen LogP contribution < -0.4 is 5.32 Å². The highest BCUT2D eigenvalue weighted by atomic mass is 35.5. The zero-order valence-electron chi connectivity index (χ0n) is 22.8. The molecule has 1 atom stereocenters. The van der Waals surface area contributed by atoms with Crippen molar-refractivity contribution in [3.05, 3.63) is 78.1 Å². The third-order valence-electron chi connectivity index (χ3n) is 7.87. The van der Waals surface area contributed by atoms with Crippen molar-refractivity contribution in [2.45, 2.75) is 12.3 Å². The van der Waals surface area contributed by atoms with Gasteiger partial charge in [-0.1, -0.05) is 30.3 Å². The number of aromatic nitrogens is 4. The minimum atomic E-state index is -0.0839. The van der Waals surface area contributed by atoms with Crippen LogP contribution in [-0.2, 0) is 4.79 Å². The molecule has 1 unspecified atom stereocenters. The number of nitrogens with zero attached hydrogens (tertiary/aromatic N) is 7. The van der Waals surface area contributed by atoms with Gasteiger partial charge >= 0.3 is 6.03 Å². The fourth-order valence-electron chi connectivity index (χ4n) is 5.69. The predicted molar refractivity (Wildman–Crippen MR) is 159 cm³/mol. The van der Waals surface area contributed by atoms with E-state index in [4.69, 9.17) is 16.6 Å². The Balaban J connectivity index is 1.22.